The summed E-state index contributed by atoms with van der Waals surface area (Å²) in [5.41, 5.74) is -0.626. The Bertz CT molecular complexity index is 1410. The van der Waals surface area contributed by atoms with Crippen LogP contribution in [0.1, 0.15) is 20.7 Å². The van der Waals surface area contributed by atoms with E-state index in [9.17, 15) is 28.2 Å². The van der Waals surface area contributed by atoms with Gasteiger partial charge in [-0.3, -0.25) is 0 Å². The highest BCUT2D eigenvalue weighted by Crippen LogP contribution is 2.33. The van der Waals surface area contributed by atoms with Gasteiger partial charge in [0.15, 0.2) is 5.75 Å². The number of carboxylic acid groups (broad SMARTS) is 2. The van der Waals surface area contributed by atoms with Gasteiger partial charge >= 0.3 is 22.1 Å². The maximum atomic E-state index is 13.1. The molecule has 8 heteroatoms. The van der Waals surface area contributed by atoms with E-state index < -0.39 is 22.1 Å². The quantitative estimate of drug-likeness (QED) is 0.464. The summed E-state index contributed by atoms with van der Waals surface area (Å²) < 4.78 is 31.6. The molecule has 0 saturated heterocycles. The van der Waals surface area contributed by atoms with E-state index in [2.05, 4.69) is 0 Å². The second-order valence-corrected chi connectivity index (χ2v) is 7.98. The number of hydrogen-bond acceptors (Lipinski definition) is 5. The maximum Gasteiger partial charge on any atom is 0.339 e. The Morgan fingerprint density at radius 3 is 2.03 bits per heavy atom. The van der Waals surface area contributed by atoms with Crippen LogP contribution in [0.25, 0.3) is 21.5 Å². The minimum Gasteiger partial charge on any atom is -0.478 e. The van der Waals surface area contributed by atoms with Crippen molar-refractivity contribution in [3.63, 3.8) is 0 Å². The second kappa shape index (κ2) is 7.16. The Hall–Kier alpha value is -3.91. The molecule has 0 atom stereocenters. The van der Waals surface area contributed by atoms with Gasteiger partial charge in [0.1, 0.15) is 4.90 Å². The highest BCUT2D eigenvalue weighted by Gasteiger charge is 2.25. The van der Waals surface area contributed by atoms with Crippen molar-refractivity contribution in [1.29, 1.82) is 0 Å². The lowest BCUT2D eigenvalue weighted by molar-refractivity contribution is 0.0695. The van der Waals surface area contributed by atoms with E-state index in [1.54, 1.807) is 18.2 Å². The average Bonchev–Trinajstić information content (AvgIpc) is 2.72. The maximum absolute atomic E-state index is 13.1. The molecule has 30 heavy (non-hydrogen) atoms. The van der Waals surface area contributed by atoms with Gasteiger partial charge in [0.25, 0.3) is 0 Å². The molecule has 150 valence electrons. The fraction of sp³-hybridized carbons (Fsp3) is 0. The molecular weight excluding hydrogens is 408 g/mol. The molecule has 4 aromatic rings. The highest BCUT2D eigenvalue weighted by molar-refractivity contribution is 7.87. The van der Waals surface area contributed by atoms with Gasteiger partial charge in [0, 0.05) is 16.2 Å². The van der Waals surface area contributed by atoms with Gasteiger partial charge in [-0.15, -0.1) is 0 Å². The fourth-order valence-electron chi connectivity index (χ4n) is 3.39. The molecule has 0 unspecified atom stereocenters. The molecule has 0 aliphatic carbocycles. The minimum absolute atomic E-state index is 0.0463. The third kappa shape index (κ3) is 3.23. The first-order valence-corrected chi connectivity index (χ1v) is 10.1. The molecule has 0 aromatic heterocycles. The zero-order valence-electron chi connectivity index (χ0n) is 15.3. The van der Waals surface area contributed by atoms with Crippen molar-refractivity contribution in [2.45, 2.75) is 4.90 Å². The summed E-state index contributed by atoms with van der Waals surface area (Å²) in [6, 6.07) is 18.2. The zero-order valence-corrected chi connectivity index (χ0v) is 16.1. The molecule has 2 N–H and O–H groups in total. The van der Waals surface area contributed by atoms with Crippen LogP contribution >= 0.6 is 0 Å². The van der Waals surface area contributed by atoms with Crippen molar-refractivity contribution in [2.75, 3.05) is 0 Å². The fourth-order valence-corrected chi connectivity index (χ4v) is 4.53. The molecule has 0 radical (unpaired) electrons. The zero-order chi connectivity index (χ0) is 21.5. The third-order valence-corrected chi connectivity index (χ3v) is 5.97. The largest absolute Gasteiger partial charge is 0.478 e. The molecule has 4 aromatic carbocycles. The lowest BCUT2D eigenvalue weighted by Crippen LogP contribution is -2.12. The smallest absolute Gasteiger partial charge is 0.339 e. The summed E-state index contributed by atoms with van der Waals surface area (Å²) in [4.78, 5) is 22.9. The van der Waals surface area contributed by atoms with Gasteiger partial charge in [-0.05, 0) is 29.7 Å². The third-order valence-electron chi connectivity index (χ3n) is 4.68. The summed E-state index contributed by atoms with van der Waals surface area (Å²) in [5, 5.41) is 20.1. The molecule has 0 amide bonds. The Labute approximate surface area is 170 Å². The van der Waals surface area contributed by atoms with Gasteiger partial charge in [-0.1, -0.05) is 48.5 Å². The van der Waals surface area contributed by atoms with E-state index in [1.807, 2.05) is 18.2 Å². The molecule has 0 fully saturated rings. The molecule has 4 rings (SSSR count). The monoisotopic (exact) mass is 422 g/mol. The van der Waals surface area contributed by atoms with E-state index in [0.717, 1.165) is 17.5 Å². The van der Waals surface area contributed by atoms with Crippen molar-refractivity contribution >= 4 is 43.6 Å². The standard InChI is InChI=1S/C22H14O7S/c23-21(24)16-9-4-8-15-19(12-11-17(20(15)16)22(25)26)30(27,28)29-18-10-3-6-13-5-1-2-7-14(13)18/h1-12H,(H,23,24)(H,25,26). The Kier molecular flexibility index (Phi) is 4.63. The lowest BCUT2D eigenvalue weighted by Gasteiger charge is -2.13. The van der Waals surface area contributed by atoms with E-state index in [-0.39, 0.29) is 32.5 Å². The summed E-state index contributed by atoms with van der Waals surface area (Å²) >= 11 is 0. The summed E-state index contributed by atoms with van der Waals surface area (Å²) in [7, 11) is -4.40. The normalized spacial score (nSPS) is 11.5. The van der Waals surface area contributed by atoms with Crippen molar-refractivity contribution in [1.82, 2.24) is 0 Å². The molecule has 7 nitrogen and oxygen atoms in total. The van der Waals surface area contributed by atoms with Gasteiger partial charge in [-0.2, -0.15) is 8.42 Å². The van der Waals surface area contributed by atoms with Gasteiger partial charge < -0.3 is 14.4 Å². The Morgan fingerprint density at radius 2 is 1.30 bits per heavy atom. The minimum atomic E-state index is -4.40. The van der Waals surface area contributed by atoms with Crippen LogP contribution < -0.4 is 4.18 Å². The van der Waals surface area contributed by atoms with Gasteiger partial charge in [-0.25, -0.2) is 9.59 Å². The first kappa shape index (κ1) is 19.4. The number of carbonyl (C=O) groups is 2. The number of fused-ring (bicyclic) bond motifs is 2. The first-order chi connectivity index (χ1) is 14.3. The average molecular weight is 422 g/mol. The van der Waals surface area contributed by atoms with Crippen LogP contribution in [0.15, 0.2) is 77.7 Å². The second-order valence-electron chi connectivity index (χ2n) is 6.46. The topological polar surface area (TPSA) is 118 Å². The van der Waals surface area contributed by atoms with Crippen LogP contribution in [0.2, 0.25) is 0 Å². The number of hydrogen-bond donors (Lipinski definition) is 2. The van der Waals surface area contributed by atoms with E-state index in [4.69, 9.17) is 4.18 Å². The lowest BCUT2D eigenvalue weighted by atomic mass is 9.99. The first-order valence-electron chi connectivity index (χ1n) is 8.74. The predicted molar refractivity (Wildman–Crippen MR) is 110 cm³/mol. The Balaban J connectivity index is 1.94. The predicted octanol–water partition coefficient (Wildman–Crippen LogP) is 4.16. The van der Waals surface area contributed by atoms with Crippen molar-refractivity contribution in [3.8, 4) is 5.75 Å². The SMILES string of the molecule is O=C(O)c1cccc2c(S(=O)(=O)Oc3cccc4ccccc34)ccc(C(=O)O)c12. The highest BCUT2D eigenvalue weighted by atomic mass is 32.2. The van der Waals surface area contributed by atoms with Crippen LogP contribution in [-0.4, -0.2) is 30.6 Å². The van der Waals surface area contributed by atoms with E-state index >= 15 is 0 Å². The molecular formula is C22H14O7S. The molecule has 0 saturated carbocycles. The van der Waals surface area contributed by atoms with Crippen molar-refractivity contribution in [2.24, 2.45) is 0 Å². The van der Waals surface area contributed by atoms with Crippen LogP contribution in [0.5, 0.6) is 5.75 Å². The molecule has 0 heterocycles. The number of rotatable bonds is 5. The molecule has 0 aliphatic heterocycles. The summed E-state index contributed by atoms with van der Waals surface area (Å²) in [6.45, 7) is 0. The number of benzene rings is 4. The van der Waals surface area contributed by atoms with E-state index in [0.29, 0.717) is 5.39 Å². The molecule has 0 aliphatic rings. The van der Waals surface area contributed by atoms with Crippen LogP contribution in [0, 0.1) is 0 Å². The summed E-state index contributed by atoms with van der Waals surface area (Å²) in [6.07, 6.45) is 0. The van der Waals surface area contributed by atoms with E-state index in [1.165, 1.54) is 24.3 Å². The van der Waals surface area contributed by atoms with Gasteiger partial charge in [0.05, 0.1) is 11.1 Å². The number of carboxylic acids is 2. The molecule has 0 spiro atoms. The number of aromatic carboxylic acids is 2. The van der Waals surface area contributed by atoms with Crippen LogP contribution in [0.4, 0.5) is 0 Å². The van der Waals surface area contributed by atoms with Crippen LogP contribution in [0.3, 0.4) is 0 Å². The van der Waals surface area contributed by atoms with Gasteiger partial charge in [0.2, 0.25) is 0 Å². The molecule has 0 bridgehead atoms. The van der Waals surface area contributed by atoms with Crippen molar-refractivity contribution < 1.29 is 32.4 Å². The summed E-state index contributed by atoms with van der Waals surface area (Å²) in [5.74, 6) is -2.63. The van der Waals surface area contributed by atoms with Crippen LogP contribution in [-0.2, 0) is 10.1 Å². The Morgan fingerprint density at radius 1 is 0.700 bits per heavy atom. The van der Waals surface area contributed by atoms with Crippen molar-refractivity contribution in [3.05, 3.63) is 83.9 Å².